The van der Waals surface area contributed by atoms with E-state index in [0.29, 0.717) is 18.2 Å². The molecule has 0 saturated carbocycles. The van der Waals surface area contributed by atoms with Crippen LogP contribution in [0.2, 0.25) is 0 Å². The number of nitrogen functional groups attached to an aromatic ring is 1. The number of aromatic nitrogens is 3. The molecule has 0 fully saturated rings. The smallest absolute Gasteiger partial charge is 0.276 e. The molecule has 0 bridgehead atoms. The number of benzene rings is 1. The molecule has 0 aliphatic carbocycles. The van der Waals surface area contributed by atoms with Crippen molar-refractivity contribution >= 4 is 17.5 Å². The molecule has 0 spiro atoms. The monoisotopic (exact) mass is 323 g/mol. The molecule has 0 radical (unpaired) electrons. The van der Waals surface area contributed by atoms with E-state index < -0.39 is 5.56 Å². The molecule has 2 heterocycles. The van der Waals surface area contributed by atoms with E-state index in [2.05, 4.69) is 15.3 Å². The van der Waals surface area contributed by atoms with Crippen LogP contribution >= 0.6 is 0 Å². The third-order valence-corrected chi connectivity index (χ3v) is 3.24. The Bertz CT molecular complexity index is 893. The second-order valence-electron chi connectivity index (χ2n) is 4.95. The first-order valence-corrected chi connectivity index (χ1v) is 7.48. The van der Waals surface area contributed by atoms with Crippen molar-refractivity contribution in [1.82, 2.24) is 14.5 Å². The average molecular weight is 323 g/mol. The van der Waals surface area contributed by atoms with Crippen LogP contribution in [0.4, 0.5) is 17.5 Å². The highest BCUT2D eigenvalue weighted by molar-refractivity contribution is 5.58. The first-order chi connectivity index (χ1) is 11.7. The zero-order chi connectivity index (χ0) is 16.9. The summed E-state index contributed by atoms with van der Waals surface area (Å²) in [5, 5.41) is 3.10. The van der Waals surface area contributed by atoms with Crippen molar-refractivity contribution in [3.8, 4) is 11.6 Å². The lowest BCUT2D eigenvalue weighted by Crippen LogP contribution is -2.19. The Morgan fingerprint density at radius 1 is 1.21 bits per heavy atom. The quantitative estimate of drug-likeness (QED) is 0.748. The topological polar surface area (TPSA) is 95.1 Å². The van der Waals surface area contributed by atoms with Crippen LogP contribution < -0.4 is 21.3 Å². The molecule has 3 N–H and O–H groups in total. The van der Waals surface area contributed by atoms with E-state index in [1.807, 2.05) is 37.3 Å². The van der Waals surface area contributed by atoms with Gasteiger partial charge < -0.3 is 15.8 Å². The fourth-order valence-electron chi connectivity index (χ4n) is 2.25. The molecule has 0 unspecified atom stereocenters. The minimum Gasteiger partial charge on any atom is -0.494 e. The maximum atomic E-state index is 11.8. The van der Waals surface area contributed by atoms with E-state index in [1.165, 1.54) is 6.07 Å². The molecule has 122 valence electrons. The predicted octanol–water partition coefficient (Wildman–Crippen LogP) is 2.35. The van der Waals surface area contributed by atoms with Gasteiger partial charge >= 0.3 is 0 Å². The first-order valence-electron chi connectivity index (χ1n) is 7.48. The highest BCUT2D eigenvalue weighted by atomic mass is 16.5. The summed E-state index contributed by atoms with van der Waals surface area (Å²) in [6.07, 6.45) is 1.62. The lowest BCUT2D eigenvalue weighted by Gasteiger charge is -2.16. The number of rotatable bonds is 5. The zero-order valence-electron chi connectivity index (χ0n) is 13.1. The molecule has 3 rings (SSSR count). The van der Waals surface area contributed by atoms with Gasteiger partial charge in [0.05, 0.1) is 6.61 Å². The number of ether oxygens (including phenoxy) is 1. The molecule has 0 atom stereocenters. The van der Waals surface area contributed by atoms with E-state index in [4.69, 9.17) is 10.5 Å². The minimum absolute atomic E-state index is 0.231. The molecule has 0 aliphatic rings. The Labute approximate surface area is 138 Å². The van der Waals surface area contributed by atoms with Crippen molar-refractivity contribution < 1.29 is 4.74 Å². The normalized spacial score (nSPS) is 10.4. The van der Waals surface area contributed by atoms with Gasteiger partial charge in [-0.2, -0.15) is 4.98 Å². The average Bonchev–Trinajstić information content (AvgIpc) is 2.56. The van der Waals surface area contributed by atoms with E-state index in [-0.39, 0.29) is 11.8 Å². The molecule has 1 aromatic carbocycles. The van der Waals surface area contributed by atoms with Crippen LogP contribution in [0, 0.1) is 0 Å². The van der Waals surface area contributed by atoms with Crippen molar-refractivity contribution in [1.29, 1.82) is 0 Å². The second-order valence-corrected chi connectivity index (χ2v) is 4.95. The summed E-state index contributed by atoms with van der Waals surface area (Å²) in [5.74, 6) is 1.68. The van der Waals surface area contributed by atoms with Crippen molar-refractivity contribution in [3.05, 3.63) is 65.1 Å². The SMILES string of the molecule is CCOc1ccnc(-n2c(N)cc(=O)nc2Nc2ccccc2)c1. The van der Waals surface area contributed by atoms with Gasteiger partial charge in [-0.05, 0) is 25.1 Å². The Hall–Kier alpha value is -3.35. The van der Waals surface area contributed by atoms with Crippen molar-refractivity contribution in [2.24, 2.45) is 0 Å². The van der Waals surface area contributed by atoms with Gasteiger partial charge in [0.25, 0.3) is 5.56 Å². The van der Waals surface area contributed by atoms with Gasteiger partial charge in [0, 0.05) is 24.0 Å². The predicted molar refractivity (Wildman–Crippen MR) is 92.9 cm³/mol. The van der Waals surface area contributed by atoms with Crippen molar-refractivity contribution in [2.45, 2.75) is 6.92 Å². The summed E-state index contributed by atoms with van der Waals surface area (Å²) in [5.41, 5.74) is 6.39. The molecule has 0 aliphatic heterocycles. The first kappa shape index (κ1) is 15.5. The van der Waals surface area contributed by atoms with Gasteiger partial charge in [0.15, 0.2) is 0 Å². The summed E-state index contributed by atoms with van der Waals surface area (Å²) in [6, 6.07) is 14.1. The largest absolute Gasteiger partial charge is 0.494 e. The highest BCUT2D eigenvalue weighted by Gasteiger charge is 2.12. The number of para-hydroxylation sites is 1. The molecule has 7 heteroatoms. The lowest BCUT2D eigenvalue weighted by molar-refractivity contribution is 0.340. The van der Waals surface area contributed by atoms with Gasteiger partial charge in [0.1, 0.15) is 17.4 Å². The van der Waals surface area contributed by atoms with Gasteiger partial charge in [0.2, 0.25) is 5.95 Å². The fraction of sp³-hybridized carbons (Fsp3) is 0.118. The van der Waals surface area contributed by atoms with Gasteiger partial charge in [-0.1, -0.05) is 18.2 Å². The Kier molecular flexibility index (Phi) is 4.42. The summed E-state index contributed by atoms with van der Waals surface area (Å²) in [7, 11) is 0. The lowest BCUT2D eigenvalue weighted by atomic mass is 10.3. The summed E-state index contributed by atoms with van der Waals surface area (Å²) >= 11 is 0. The molecule has 7 nitrogen and oxygen atoms in total. The molecule has 3 aromatic rings. The van der Waals surface area contributed by atoms with E-state index in [9.17, 15) is 4.79 Å². The second kappa shape index (κ2) is 6.82. The number of hydrogen-bond acceptors (Lipinski definition) is 6. The van der Waals surface area contributed by atoms with E-state index >= 15 is 0 Å². The molecule has 2 aromatic heterocycles. The van der Waals surface area contributed by atoms with Crippen LogP contribution in [0.15, 0.2) is 59.5 Å². The third kappa shape index (κ3) is 3.35. The number of anilines is 3. The summed E-state index contributed by atoms with van der Waals surface area (Å²) in [4.78, 5) is 20.1. The highest BCUT2D eigenvalue weighted by Crippen LogP contribution is 2.22. The van der Waals surface area contributed by atoms with Crippen LogP contribution in [0.5, 0.6) is 5.75 Å². The van der Waals surface area contributed by atoms with E-state index in [1.54, 1.807) is 22.9 Å². The molecule has 0 saturated heterocycles. The van der Waals surface area contributed by atoms with E-state index in [0.717, 1.165) is 5.69 Å². The van der Waals surface area contributed by atoms with Crippen LogP contribution in [0.3, 0.4) is 0 Å². The molecule has 0 amide bonds. The Morgan fingerprint density at radius 3 is 2.75 bits per heavy atom. The molecule has 24 heavy (non-hydrogen) atoms. The third-order valence-electron chi connectivity index (χ3n) is 3.24. The Balaban J connectivity index is 2.09. The van der Waals surface area contributed by atoms with Crippen molar-refractivity contribution in [3.63, 3.8) is 0 Å². The van der Waals surface area contributed by atoms with Crippen LogP contribution in [0.1, 0.15) is 6.92 Å². The standard InChI is InChI=1S/C17H17N5O2/c1-2-24-13-8-9-19-15(10-13)22-14(18)11-16(23)21-17(22)20-12-6-4-3-5-7-12/h3-11H,2,18H2,1H3,(H,20,21,23). The number of nitrogens with two attached hydrogens (primary N) is 1. The van der Waals surface area contributed by atoms with Gasteiger partial charge in [-0.15, -0.1) is 0 Å². The van der Waals surface area contributed by atoms with Gasteiger partial charge in [-0.25, -0.2) is 9.55 Å². The fourth-order valence-corrected chi connectivity index (χ4v) is 2.25. The number of pyridine rings is 1. The number of hydrogen-bond donors (Lipinski definition) is 2. The molecular formula is C17H17N5O2. The summed E-state index contributed by atoms with van der Waals surface area (Å²) < 4.78 is 7.06. The maximum Gasteiger partial charge on any atom is 0.276 e. The minimum atomic E-state index is -0.428. The van der Waals surface area contributed by atoms with Gasteiger partial charge in [-0.3, -0.25) is 4.79 Å². The van der Waals surface area contributed by atoms with Crippen LogP contribution in [0.25, 0.3) is 5.82 Å². The number of nitrogens with one attached hydrogen (secondary N) is 1. The van der Waals surface area contributed by atoms with Crippen molar-refractivity contribution in [2.75, 3.05) is 17.7 Å². The summed E-state index contributed by atoms with van der Waals surface area (Å²) in [6.45, 7) is 2.44. The van der Waals surface area contributed by atoms with Crippen LogP contribution in [-0.2, 0) is 0 Å². The zero-order valence-corrected chi connectivity index (χ0v) is 13.1. The molecular weight excluding hydrogens is 306 g/mol. The van der Waals surface area contributed by atoms with Crippen LogP contribution in [-0.4, -0.2) is 21.1 Å². The Morgan fingerprint density at radius 2 is 2.00 bits per heavy atom. The number of nitrogens with zero attached hydrogens (tertiary/aromatic N) is 3. The maximum absolute atomic E-state index is 11.8.